The summed E-state index contributed by atoms with van der Waals surface area (Å²) in [5, 5.41) is 18.4. The summed E-state index contributed by atoms with van der Waals surface area (Å²) in [7, 11) is 0. The van der Waals surface area contributed by atoms with Gasteiger partial charge in [-0.25, -0.2) is 4.98 Å². The standard InChI is InChI=1S/C17H19F2N9O/c1-17(2,29)8-22-14-26-15(23-9-3-4-21-13(20)7-9)28-16(27-14)24-10-5-11(18)25-12(19)6-10/h3-7,29H,8H2,1-2H3,(H5,20,21,22,23,24,25,26,27,28). The van der Waals surface area contributed by atoms with Crippen molar-refractivity contribution in [2.45, 2.75) is 19.4 Å². The SMILES string of the molecule is CC(C)(O)CNc1nc(Nc2ccnc(N)c2)nc(Nc2cc(F)nc(F)c2)n1. The third-order valence-electron chi connectivity index (χ3n) is 3.37. The quantitative estimate of drug-likeness (QED) is 0.372. The predicted octanol–water partition coefficient (Wildman–Crippen LogP) is 2.19. The number of nitrogen functional groups attached to an aromatic ring is 1. The lowest BCUT2D eigenvalue weighted by atomic mass is 10.1. The molecule has 0 bridgehead atoms. The maximum absolute atomic E-state index is 13.4. The van der Waals surface area contributed by atoms with Gasteiger partial charge in [-0.2, -0.15) is 28.7 Å². The Morgan fingerprint density at radius 3 is 2.10 bits per heavy atom. The van der Waals surface area contributed by atoms with Crippen molar-refractivity contribution < 1.29 is 13.9 Å². The van der Waals surface area contributed by atoms with E-state index in [9.17, 15) is 13.9 Å². The van der Waals surface area contributed by atoms with Gasteiger partial charge in [0.25, 0.3) is 0 Å². The van der Waals surface area contributed by atoms with E-state index in [1.165, 1.54) is 6.20 Å². The number of hydrogen-bond acceptors (Lipinski definition) is 10. The number of aromatic nitrogens is 5. The first-order valence-electron chi connectivity index (χ1n) is 8.47. The molecule has 3 heterocycles. The van der Waals surface area contributed by atoms with Gasteiger partial charge in [0.15, 0.2) is 0 Å². The minimum atomic E-state index is -1.02. The summed E-state index contributed by atoms with van der Waals surface area (Å²) in [5.74, 6) is -1.43. The number of anilines is 6. The van der Waals surface area contributed by atoms with Crippen LogP contribution in [0.2, 0.25) is 0 Å². The fourth-order valence-electron chi connectivity index (χ4n) is 2.18. The molecule has 152 valence electrons. The molecule has 29 heavy (non-hydrogen) atoms. The molecule has 0 aromatic carbocycles. The van der Waals surface area contributed by atoms with E-state index in [0.717, 1.165) is 12.1 Å². The van der Waals surface area contributed by atoms with Crippen LogP contribution in [0.4, 0.5) is 43.8 Å². The summed E-state index contributed by atoms with van der Waals surface area (Å²) in [6, 6.07) is 5.22. The maximum Gasteiger partial charge on any atom is 0.233 e. The Balaban J connectivity index is 1.90. The molecule has 0 radical (unpaired) electrons. The zero-order valence-electron chi connectivity index (χ0n) is 15.6. The summed E-state index contributed by atoms with van der Waals surface area (Å²) in [6.45, 7) is 3.38. The third kappa shape index (κ3) is 6.17. The molecule has 6 N–H and O–H groups in total. The molecule has 0 aliphatic carbocycles. The monoisotopic (exact) mass is 403 g/mol. The van der Waals surface area contributed by atoms with E-state index in [1.807, 2.05) is 0 Å². The molecule has 0 fully saturated rings. The van der Waals surface area contributed by atoms with Crippen LogP contribution in [-0.2, 0) is 0 Å². The highest BCUT2D eigenvalue weighted by Gasteiger charge is 2.15. The molecular weight excluding hydrogens is 384 g/mol. The van der Waals surface area contributed by atoms with Gasteiger partial charge in [0.05, 0.1) is 5.60 Å². The van der Waals surface area contributed by atoms with Gasteiger partial charge in [0.1, 0.15) is 5.82 Å². The maximum atomic E-state index is 13.4. The highest BCUT2D eigenvalue weighted by Crippen LogP contribution is 2.20. The number of hydrogen-bond donors (Lipinski definition) is 5. The van der Waals surface area contributed by atoms with E-state index in [2.05, 4.69) is 40.9 Å². The van der Waals surface area contributed by atoms with E-state index in [1.54, 1.807) is 26.0 Å². The van der Waals surface area contributed by atoms with Crippen LogP contribution in [-0.4, -0.2) is 42.2 Å². The van der Waals surface area contributed by atoms with Crippen LogP contribution >= 0.6 is 0 Å². The summed E-state index contributed by atoms with van der Waals surface area (Å²) in [5.41, 5.74) is 5.28. The first-order chi connectivity index (χ1) is 13.7. The molecule has 0 saturated heterocycles. The first kappa shape index (κ1) is 20.1. The summed E-state index contributed by atoms with van der Waals surface area (Å²) in [6.07, 6.45) is 1.51. The smallest absolute Gasteiger partial charge is 0.233 e. The Kier molecular flexibility index (Phi) is 5.64. The Hall–Kier alpha value is -3.67. The zero-order chi connectivity index (χ0) is 21.0. The van der Waals surface area contributed by atoms with Crippen molar-refractivity contribution in [3.63, 3.8) is 0 Å². The van der Waals surface area contributed by atoms with E-state index in [4.69, 9.17) is 5.73 Å². The fraction of sp³-hybridized carbons (Fsp3) is 0.235. The Bertz CT molecular complexity index is 990. The average Bonchev–Trinajstić information content (AvgIpc) is 2.58. The van der Waals surface area contributed by atoms with Gasteiger partial charge in [0, 0.05) is 42.3 Å². The van der Waals surface area contributed by atoms with E-state index in [0.29, 0.717) is 11.5 Å². The number of pyridine rings is 2. The highest BCUT2D eigenvalue weighted by atomic mass is 19.1. The zero-order valence-corrected chi connectivity index (χ0v) is 15.6. The number of rotatable bonds is 7. The lowest BCUT2D eigenvalue weighted by Crippen LogP contribution is -2.30. The van der Waals surface area contributed by atoms with Gasteiger partial charge < -0.3 is 26.8 Å². The van der Waals surface area contributed by atoms with Gasteiger partial charge in [-0.3, -0.25) is 0 Å². The molecule has 0 aliphatic rings. The van der Waals surface area contributed by atoms with Crippen molar-refractivity contribution in [3.05, 3.63) is 42.4 Å². The number of nitrogens with zero attached hydrogens (tertiary/aromatic N) is 5. The van der Waals surface area contributed by atoms with Crippen LogP contribution in [0, 0.1) is 11.9 Å². The number of nitrogens with one attached hydrogen (secondary N) is 3. The van der Waals surface area contributed by atoms with Gasteiger partial charge in [-0.05, 0) is 19.9 Å². The molecular formula is C17H19F2N9O. The van der Waals surface area contributed by atoms with Gasteiger partial charge in [-0.15, -0.1) is 0 Å². The van der Waals surface area contributed by atoms with Gasteiger partial charge in [-0.1, -0.05) is 0 Å². The van der Waals surface area contributed by atoms with Crippen molar-refractivity contribution in [2.24, 2.45) is 0 Å². The third-order valence-corrected chi connectivity index (χ3v) is 3.37. The van der Waals surface area contributed by atoms with Gasteiger partial charge >= 0.3 is 0 Å². The molecule has 0 aliphatic heterocycles. The van der Waals surface area contributed by atoms with Crippen LogP contribution in [0.3, 0.4) is 0 Å². The molecule has 0 atom stereocenters. The summed E-state index contributed by atoms with van der Waals surface area (Å²) >= 11 is 0. The second-order valence-electron chi connectivity index (χ2n) is 6.69. The Morgan fingerprint density at radius 1 is 0.931 bits per heavy atom. The second kappa shape index (κ2) is 8.14. The van der Waals surface area contributed by atoms with Crippen molar-refractivity contribution in [3.8, 4) is 0 Å². The van der Waals surface area contributed by atoms with Crippen LogP contribution in [0.25, 0.3) is 0 Å². The van der Waals surface area contributed by atoms with E-state index < -0.39 is 17.5 Å². The van der Waals surface area contributed by atoms with E-state index >= 15 is 0 Å². The molecule has 10 nitrogen and oxygen atoms in total. The van der Waals surface area contributed by atoms with Crippen LogP contribution < -0.4 is 21.7 Å². The molecule has 0 amide bonds. The Morgan fingerprint density at radius 2 is 1.52 bits per heavy atom. The average molecular weight is 403 g/mol. The molecule has 3 aromatic rings. The molecule has 3 aromatic heterocycles. The topological polar surface area (TPSA) is 147 Å². The van der Waals surface area contributed by atoms with Crippen molar-refractivity contribution >= 4 is 35.0 Å². The molecule has 0 saturated carbocycles. The first-order valence-corrected chi connectivity index (χ1v) is 8.47. The number of halogens is 2. The lowest BCUT2D eigenvalue weighted by Gasteiger charge is -2.18. The minimum Gasteiger partial charge on any atom is -0.389 e. The largest absolute Gasteiger partial charge is 0.389 e. The van der Waals surface area contributed by atoms with E-state index in [-0.39, 0.29) is 30.1 Å². The van der Waals surface area contributed by atoms with Crippen LogP contribution in [0.15, 0.2) is 30.5 Å². The number of nitrogens with two attached hydrogens (primary N) is 1. The van der Waals surface area contributed by atoms with Crippen LogP contribution in [0.1, 0.15) is 13.8 Å². The summed E-state index contributed by atoms with van der Waals surface area (Å²) in [4.78, 5) is 19.5. The molecule has 12 heteroatoms. The van der Waals surface area contributed by atoms with Crippen molar-refractivity contribution in [1.82, 2.24) is 24.9 Å². The lowest BCUT2D eigenvalue weighted by molar-refractivity contribution is 0.0943. The fourth-order valence-corrected chi connectivity index (χ4v) is 2.18. The summed E-state index contributed by atoms with van der Waals surface area (Å²) < 4.78 is 26.7. The predicted molar refractivity (Wildman–Crippen MR) is 104 cm³/mol. The molecule has 0 spiro atoms. The van der Waals surface area contributed by atoms with Crippen molar-refractivity contribution in [1.29, 1.82) is 0 Å². The van der Waals surface area contributed by atoms with Crippen molar-refractivity contribution in [2.75, 3.05) is 28.2 Å². The minimum absolute atomic E-state index is 0.00720. The van der Waals surface area contributed by atoms with Gasteiger partial charge in [0.2, 0.25) is 29.7 Å². The Labute approximate surface area is 164 Å². The second-order valence-corrected chi connectivity index (χ2v) is 6.69. The number of aliphatic hydroxyl groups is 1. The normalized spacial score (nSPS) is 11.2. The molecule has 0 unspecified atom stereocenters. The van der Waals surface area contributed by atoms with Crippen LogP contribution in [0.5, 0.6) is 0 Å². The molecule has 3 rings (SSSR count). The highest BCUT2D eigenvalue weighted by molar-refractivity contribution is 5.60.